The summed E-state index contributed by atoms with van der Waals surface area (Å²) in [6.45, 7) is 3.26. The predicted octanol–water partition coefficient (Wildman–Crippen LogP) is 1.83. The molecule has 18 heavy (non-hydrogen) atoms. The molecule has 0 saturated carbocycles. The van der Waals surface area contributed by atoms with Gasteiger partial charge in [0.15, 0.2) is 0 Å². The summed E-state index contributed by atoms with van der Waals surface area (Å²) in [7, 11) is 0. The van der Waals surface area contributed by atoms with E-state index in [-0.39, 0.29) is 19.0 Å². The molecule has 0 radical (unpaired) electrons. The molecule has 0 heterocycles. The minimum atomic E-state index is -0.706. The fraction of sp³-hybridized carbons (Fsp3) is 0.571. The Morgan fingerprint density at radius 2 is 2.11 bits per heavy atom. The van der Waals surface area contributed by atoms with Crippen molar-refractivity contribution in [3.05, 3.63) is 35.6 Å². The number of ether oxygens (including phenoxy) is 1. The monoisotopic (exact) mass is 255 g/mol. The lowest BCUT2D eigenvalue weighted by molar-refractivity contribution is 0.124. The molecule has 1 aromatic carbocycles. The van der Waals surface area contributed by atoms with Crippen LogP contribution in [0.25, 0.3) is 0 Å². The average Bonchev–Trinajstić information content (AvgIpc) is 2.41. The second-order valence-electron chi connectivity index (χ2n) is 4.42. The van der Waals surface area contributed by atoms with Crippen molar-refractivity contribution in [2.45, 2.75) is 25.2 Å². The fourth-order valence-electron chi connectivity index (χ4n) is 2.12. The summed E-state index contributed by atoms with van der Waals surface area (Å²) >= 11 is 0. The van der Waals surface area contributed by atoms with Gasteiger partial charge in [0.25, 0.3) is 0 Å². The van der Waals surface area contributed by atoms with Gasteiger partial charge in [-0.25, -0.2) is 4.39 Å². The van der Waals surface area contributed by atoms with Crippen LogP contribution in [0.3, 0.4) is 0 Å². The van der Waals surface area contributed by atoms with E-state index in [0.717, 1.165) is 6.42 Å². The Balaban J connectivity index is 2.83. The number of benzene rings is 1. The molecular weight excluding hydrogens is 233 g/mol. The van der Waals surface area contributed by atoms with E-state index in [1.54, 1.807) is 18.2 Å². The van der Waals surface area contributed by atoms with Crippen molar-refractivity contribution in [2.24, 2.45) is 5.73 Å². The van der Waals surface area contributed by atoms with Gasteiger partial charge in [0.05, 0.1) is 6.61 Å². The highest BCUT2D eigenvalue weighted by Crippen LogP contribution is 2.30. The van der Waals surface area contributed by atoms with Crippen LogP contribution in [0.1, 0.15) is 25.3 Å². The Bertz CT molecular complexity index is 353. The van der Waals surface area contributed by atoms with E-state index in [4.69, 9.17) is 10.5 Å². The number of hydrogen-bond donors (Lipinski definition) is 2. The van der Waals surface area contributed by atoms with Gasteiger partial charge in [-0.3, -0.25) is 0 Å². The van der Waals surface area contributed by atoms with E-state index < -0.39 is 5.41 Å². The number of hydrogen-bond acceptors (Lipinski definition) is 3. The van der Waals surface area contributed by atoms with Gasteiger partial charge in [0.1, 0.15) is 5.82 Å². The van der Waals surface area contributed by atoms with Crippen LogP contribution >= 0.6 is 0 Å². The van der Waals surface area contributed by atoms with Crippen LogP contribution in [0, 0.1) is 5.82 Å². The zero-order chi connectivity index (χ0) is 13.4. The van der Waals surface area contributed by atoms with Gasteiger partial charge >= 0.3 is 0 Å². The molecule has 0 fully saturated rings. The molecule has 4 heteroatoms. The standard InChI is InChI=1S/C14H22FNO2/c1-2-18-9-5-8-14(10-16,11-17)12-6-3-4-7-13(12)15/h3-4,6-7,17H,2,5,8-11,16H2,1H3. The first-order chi connectivity index (χ1) is 8.70. The SMILES string of the molecule is CCOCCCC(CN)(CO)c1ccccc1F. The lowest BCUT2D eigenvalue weighted by atomic mass is 9.77. The molecule has 0 aliphatic carbocycles. The van der Waals surface area contributed by atoms with Crippen molar-refractivity contribution in [3.8, 4) is 0 Å². The summed E-state index contributed by atoms with van der Waals surface area (Å²) in [5.41, 5.74) is 5.55. The Morgan fingerprint density at radius 1 is 1.39 bits per heavy atom. The quantitative estimate of drug-likeness (QED) is 0.697. The molecule has 102 valence electrons. The molecule has 0 spiro atoms. The average molecular weight is 255 g/mol. The Hall–Kier alpha value is -0.970. The minimum absolute atomic E-state index is 0.156. The number of aliphatic hydroxyl groups is 1. The van der Waals surface area contributed by atoms with Gasteiger partial charge in [-0.15, -0.1) is 0 Å². The third-order valence-electron chi connectivity index (χ3n) is 3.29. The van der Waals surface area contributed by atoms with E-state index in [1.807, 2.05) is 6.92 Å². The summed E-state index contributed by atoms with van der Waals surface area (Å²) in [4.78, 5) is 0. The molecule has 1 unspecified atom stereocenters. The maximum Gasteiger partial charge on any atom is 0.127 e. The zero-order valence-electron chi connectivity index (χ0n) is 10.9. The highest BCUT2D eigenvalue weighted by Gasteiger charge is 2.32. The van der Waals surface area contributed by atoms with Gasteiger partial charge in [-0.2, -0.15) is 0 Å². The first-order valence-electron chi connectivity index (χ1n) is 6.34. The molecule has 0 saturated heterocycles. The van der Waals surface area contributed by atoms with E-state index in [1.165, 1.54) is 6.07 Å². The molecule has 1 aromatic rings. The number of nitrogens with two attached hydrogens (primary N) is 1. The van der Waals surface area contributed by atoms with Gasteiger partial charge in [-0.05, 0) is 31.4 Å². The first-order valence-corrected chi connectivity index (χ1v) is 6.34. The van der Waals surface area contributed by atoms with Crippen LogP contribution < -0.4 is 5.73 Å². The van der Waals surface area contributed by atoms with Crippen molar-refractivity contribution >= 4 is 0 Å². The molecule has 0 aliphatic rings. The van der Waals surface area contributed by atoms with Crippen LogP contribution in [0.4, 0.5) is 4.39 Å². The lowest BCUT2D eigenvalue weighted by Crippen LogP contribution is -2.40. The summed E-state index contributed by atoms with van der Waals surface area (Å²) < 4.78 is 19.1. The van der Waals surface area contributed by atoms with Crippen LogP contribution in [-0.2, 0) is 10.2 Å². The van der Waals surface area contributed by atoms with Gasteiger partial charge in [-0.1, -0.05) is 18.2 Å². The fourth-order valence-corrected chi connectivity index (χ4v) is 2.12. The predicted molar refractivity (Wildman–Crippen MR) is 69.9 cm³/mol. The number of halogens is 1. The molecule has 3 nitrogen and oxygen atoms in total. The molecular formula is C14H22FNO2. The molecule has 0 aliphatic heterocycles. The summed E-state index contributed by atoms with van der Waals surface area (Å²) in [6.07, 6.45) is 1.36. The molecule has 0 bridgehead atoms. The third-order valence-corrected chi connectivity index (χ3v) is 3.29. The summed E-state index contributed by atoms with van der Waals surface area (Å²) in [6, 6.07) is 6.50. The summed E-state index contributed by atoms with van der Waals surface area (Å²) in [5, 5.41) is 9.62. The molecule has 3 N–H and O–H groups in total. The smallest absolute Gasteiger partial charge is 0.127 e. The Labute approximate surface area is 108 Å². The van der Waals surface area contributed by atoms with Gasteiger partial charge < -0.3 is 15.6 Å². The van der Waals surface area contributed by atoms with Crippen LogP contribution in [0.15, 0.2) is 24.3 Å². The molecule has 0 amide bonds. The van der Waals surface area contributed by atoms with Crippen molar-refractivity contribution in [2.75, 3.05) is 26.4 Å². The van der Waals surface area contributed by atoms with E-state index >= 15 is 0 Å². The van der Waals surface area contributed by atoms with E-state index in [9.17, 15) is 9.50 Å². The Morgan fingerprint density at radius 3 is 2.67 bits per heavy atom. The second-order valence-corrected chi connectivity index (χ2v) is 4.42. The number of aliphatic hydroxyl groups excluding tert-OH is 1. The third kappa shape index (κ3) is 3.51. The normalized spacial score (nSPS) is 14.4. The maximum absolute atomic E-state index is 13.8. The van der Waals surface area contributed by atoms with Crippen molar-refractivity contribution in [3.63, 3.8) is 0 Å². The van der Waals surface area contributed by atoms with Crippen molar-refractivity contribution < 1.29 is 14.2 Å². The van der Waals surface area contributed by atoms with Crippen molar-refractivity contribution in [1.82, 2.24) is 0 Å². The number of rotatable bonds is 8. The highest BCUT2D eigenvalue weighted by atomic mass is 19.1. The zero-order valence-corrected chi connectivity index (χ0v) is 10.9. The molecule has 0 aromatic heterocycles. The van der Waals surface area contributed by atoms with Crippen LogP contribution in [0.2, 0.25) is 0 Å². The lowest BCUT2D eigenvalue weighted by Gasteiger charge is -2.31. The van der Waals surface area contributed by atoms with Crippen LogP contribution in [0.5, 0.6) is 0 Å². The Kier molecular flexibility index (Phi) is 6.25. The first kappa shape index (κ1) is 15.1. The van der Waals surface area contributed by atoms with E-state index in [2.05, 4.69) is 0 Å². The summed E-state index contributed by atoms with van der Waals surface area (Å²) in [5.74, 6) is -0.312. The van der Waals surface area contributed by atoms with Gasteiger partial charge in [0, 0.05) is 25.2 Å². The minimum Gasteiger partial charge on any atom is -0.395 e. The van der Waals surface area contributed by atoms with Gasteiger partial charge in [0.2, 0.25) is 0 Å². The van der Waals surface area contributed by atoms with Crippen LogP contribution in [-0.4, -0.2) is 31.5 Å². The van der Waals surface area contributed by atoms with Crippen molar-refractivity contribution in [1.29, 1.82) is 0 Å². The maximum atomic E-state index is 13.8. The topological polar surface area (TPSA) is 55.5 Å². The second kappa shape index (κ2) is 7.46. The molecule has 1 atom stereocenters. The van der Waals surface area contributed by atoms with E-state index in [0.29, 0.717) is 25.2 Å². The largest absolute Gasteiger partial charge is 0.395 e. The highest BCUT2D eigenvalue weighted by molar-refractivity contribution is 5.28. The molecule has 1 rings (SSSR count).